The number of carboxylic acids is 1. The number of rotatable bonds is 2. The first kappa shape index (κ1) is 13.2. The highest BCUT2D eigenvalue weighted by Gasteiger charge is 2.49. The molecule has 2 aliphatic rings. The molecule has 2 aromatic rings. The minimum absolute atomic E-state index is 0.0973. The van der Waals surface area contributed by atoms with Crippen LogP contribution in [0.5, 0.6) is 0 Å². The van der Waals surface area contributed by atoms with Gasteiger partial charge in [0.1, 0.15) is 12.4 Å². The van der Waals surface area contributed by atoms with Crippen LogP contribution in [-0.4, -0.2) is 49.1 Å². The molecule has 0 aromatic carbocycles. The van der Waals surface area contributed by atoms with Crippen molar-refractivity contribution in [2.75, 3.05) is 6.54 Å². The van der Waals surface area contributed by atoms with Crippen LogP contribution >= 0.6 is 0 Å². The minimum Gasteiger partial charge on any atom is -0.480 e. The summed E-state index contributed by atoms with van der Waals surface area (Å²) in [6, 6.07) is 2.70. The number of fused-ring (bicyclic) bond motifs is 2. The van der Waals surface area contributed by atoms with Gasteiger partial charge in [-0.15, -0.1) is 10.2 Å². The lowest BCUT2D eigenvalue weighted by atomic mass is 9.94. The van der Waals surface area contributed by atoms with Crippen LogP contribution in [0.2, 0.25) is 0 Å². The van der Waals surface area contributed by atoms with Gasteiger partial charge in [0.2, 0.25) is 0 Å². The molecule has 3 atom stereocenters. The highest BCUT2D eigenvalue weighted by Crippen LogP contribution is 2.42. The van der Waals surface area contributed by atoms with Crippen molar-refractivity contribution < 1.29 is 14.7 Å². The average Bonchev–Trinajstić information content (AvgIpc) is 3.19. The van der Waals surface area contributed by atoms with E-state index in [4.69, 9.17) is 0 Å². The van der Waals surface area contributed by atoms with Crippen molar-refractivity contribution in [3.63, 3.8) is 0 Å². The van der Waals surface area contributed by atoms with E-state index in [1.165, 1.54) is 11.2 Å². The Morgan fingerprint density at radius 3 is 2.95 bits per heavy atom. The monoisotopic (exact) mass is 300 g/mol. The summed E-state index contributed by atoms with van der Waals surface area (Å²) in [5.74, 6) is -0.700. The molecule has 0 radical (unpaired) electrons. The van der Waals surface area contributed by atoms with Gasteiger partial charge in [-0.3, -0.25) is 9.20 Å². The Morgan fingerprint density at radius 2 is 2.14 bits per heavy atom. The van der Waals surface area contributed by atoms with E-state index in [2.05, 4.69) is 10.2 Å². The van der Waals surface area contributed by atoms with Gasteiger partial charge in [0.15, 0.2) is 5.65 Å². The van der Waals surface area contributed by atoms with Crippen molar-refractivity contribution >= 4 is 17.5 Å². The van der Waals surface area contributed by atoms with Gasteiger partial charge in [0.25, 0.3) is 5.91 Å². The van der Waals surface area contributed by atoms with Crippen molar-refractivity contribution in [1.29, 1.82) is 0 Å². The molecule has 3 heterocycles. The van der Waals surface area contributed by atoms with E-state index in [-0.39, 0.29) is 11.8 Å². The zero-order chi connectivity index (χ0) is 15.3. The van der Waals surface area contributed by atoms with Gasteiger partial charge in [-0.25, -0.2) is 4.79 Å². The Kier molecular flexibility index (Phi) is 2.88. The molecule has 114 valence electrons. The third-order valence-electron chi connectivity index (χ3n) is 4.94. The summed E-state index contributed by atoms with van der Waals surface area (Å²) in [7, 11) is 0. The van der Waals surface area contributed by atoms with Crippen molar-refractivity contribution in [3.05, 3.63) is 30.2 Å². The molecular formula is C15H16N4O3. The summed E-state index contributed by atoms with van der Waals surface area (Å²) in [5.41, 5.74) is 1.13. The van der Waals surface area contributed by atoms with Gasteiger partial charge >= 0.3 is 5.97 Å². The predicted octanol–water partition coefficient (Wildman–Crippen LogP) is 1.05. The molecule has 3 unspecified atom stereocenters. The molecule has 1 aliphatic carbocycles. The number of carboxylic acid groups (broad SMARTS) is 1. The maximum atomic E-state index is 12.8. The number of pyridine rings is 1. The third kappa shape index (κ3) is 1.88. The lowest BCUT2D eigenvalue weighted by Crippen LogP contribution is -2.43. The average molecular weight is 300 g/mol. The lowest BCUT2D eigenvalue weighted by molar-refractivity contribution is -0.142. The Hall–Kier alpha value is -2.44. The first-order valence-corrected chi connectivity index (χ1v) is 7.48. The fourth-order valence-electron chi connectivity index (χ4n) is 3.95. The van der Waals surface area contributed by atoms with E-state index in [9.17, 15) is 14.7 Å². The maximum Gasteiger partial charge on any atom is 0.326 e. The van der Waals surface area contributed by atoms with Crippen LogP contribution in [0.1, 0.15) is 29.6 Å². The first-order chi connectivity index (χ1) is 10.6. The SMILES string of the molecule is O=C(O)C1C2CCCC2CN1C(=O)c1ccc2nncn2c1. The Balaban J connectivity index is 1.67. The van der Waals surface area contributed by atoms with Crippen LogP contribution in [0, 0.1) is 11.8 Å². The van der Waals surface area contributed by atoms with Crippen molar-refractivity contribution in [1.82, 2.24) is 19.5 Å². The molecule has 2 aromatic heterocycles. The fourth-order valence-corrected chi connectivity index (χ4v) is 3.95. The fraction of sp³-hybridized carbons (Fsp3) is 0.467. The Labute approximate surface area is 126 Å². The van der Waals surface area contributed by atoms with Crippen LogP contribution < -0.4 is 0 Å². The van der Waals surface area contributed by atoms with Gasteiger partial charge in [-0.1, -0.05) is 6.42 Å². The molecule has 1 saturated heterocycles. The topological polar surface area (TPSA) is 87.8 Å². The van der Waals surface area contributed by atoms with Gasteiger partial charge in [0, 0.05) is 12.7 Å². The summed E-state index contributed by atoms with van der Waals surface area (Å²) in [6.07, 6.45) is 6.16. The largest absolute Gasteiger partial charge is 0.480 e. The smallest absolute Gasteiger partial charge is 0.326 e. The molecule has 1 saturated carbocycles. The van der Waals surface area contributed by atoms with Crippen molar-refractivity contribution in [2.24, 2.45) is 11.8 Å². The number of aliphatic carboxylic acids is 1. The molecule has 1 N–H and O–H groups in total. The normalized spacial score (nSPS) is 27.3. The predicted molar refractivity (Wildman–Crippen MR) is 76.3 cm³/mol. The standard InChI is InChI=1S/C15H16N4O3/c20-14(10-4-5-12-17-16-8-18(12)6-10)19-7-9-2-1-3-11(9)13(19)15(21)22/h4-6,8-9,11,13H,1-3,7H2,(H,21,22). The van der Waals surface area contributed by atoms with E-state index in [0.29, 0.717) is 23.7 Å². The number of hydrogen-bond acceptors (Lipinski definition) is 4. The first-order valence-electron chi connectivity index (χ1n) is 7.48. The van der Waals surface area contributed by atoms with Crippen LogP contribution in [0.15, 0.2) is 24.7 Å². The van der Waals surface area contributed by atoms with Crippen LogP contribution in [-0.2, 0) is 4.79 Å². The molecule has 1 amide bonds. The molecule has 0 spiro atoms. The number of carbonyl (C=O) groups excluding carboxylic acids is 1. The molecule has 1 aliphatic heterocycles. The van der Waals surface area contributed by atoms with E-state index in [1.54, 1.807) is 22.7 Å². The lowest BCUT2D eigenvalue weighted by Gasteiger charge is -2.24. The summed E-state index contributed by atoms with van der Waals surface area (Å²) in [4.78, 5) is 25.9. The summed E-state index contributed by atoms with van der Waals surface area (Å²) in [6.45, 7) is 0.542. The van der Waals surface area contributed by atoms with Crippen molar-refractivity contribution in [3.8, 4) is 0 Å². The Morgan fingerprint density at radius 1 is 1.27 bits per heavy atom. The van der Waals surface area contributed by atoms with Crippen LogP contribution in [0.3, 0.4) is 0 Å². The second-order valence-electron chi connectivity index (χ2n) is 6.11. The van der Waals surface area contributed by atoms with Gasteiger partial charge in [-0.05, 0) is 36.8 Å². The second kappa shape index (κ2) is 4.79. The quantitative estimate of drug-likeness (QED) is 0.896. The summed E-state index contributed by atoms with van der Waals surface area (Å²) in [5, 5.41) is 17.2. The third-order valence-corrected chi connectivity index (χ3v) is 4.94. The molecule has 2 fully saturated rings. The summed E-state index contributed by atoms with van der Waals surface area (Å²) >= 11 is 0. The molecule has 7 nitrogen and oxygen atoms in total. The molecule has 4 rings (SSSR count). The second-order valence-corrected chi connectivity index (χ2v) is 6.11. The van der Waals surface area contributed by atoms with E-state index in [1.807, 2.05) is 0 Å². The highest BCUT2D eigenvalue weighted by molar-refractivity contribution is 5.97. The number of hydrogen-bond donors (Lipinski definition) is 1. The van der Waals surface area contributed by atoms with Crippen molar-refractivity contribution in [2.45, 2.75) is 25.3 Å². The number of aromatic nitrogens is 3. The zero-order valence-electron chi connectivity index (χ0n) is 11.9. The number of carbonyl (C=O) groups is 2. The Bertz CT molecular complexity index is 756. The van der Waals surface area contributed by atoms with Crippen LogP contribution in [0.4, 0.5) is 0 Å². The molecular weight excluding hydrogens is 284 g/mol. The molecule has 22 heavy (non-hydrogen) atoms. The summed E-state index contributed by atoms with van der Waals surface area (Å²) < 4.78 is 1.67. The van der Waals surface area contributed by atoms with Crippen LogP contribution in [0.25, 0.3) is 5.65 Å². The number of amides is 1. The zero-order valence-corrected chi connectivity index (χ0v) is 11.9. The highest BCUT2D eigenvalue weighted by atomic mass is 16.4. The maximum absolute atomic E-state index is 12.8. The van der Waals surface area contributed by atoms with Gasteiger partial charge < -0.3 is 10.0 Å². The number of nitrogens with zero attached hydrogens (tertiary/aromatic N) is 4. The van der Waals surface area contributed by atoms with Gasteiger partial charge in [0.05, 0.1) is 5.56 Å². The minimum atomic E-state index is -0.895. The van der Waals surface area contributed by atoms with E-state index in [0.717, 1.165) is 19.3 Å². The van der Waals surface area contributed by atoms with E-state index < -0.39 is 12.0 Å². The van der Waals surface area contributed by atoms with E-state index >= 15 is 0 Å². The molecule has 0 bridgehead atoms. The number of likely N-dealkylation sites (tertiary alicyclic amines) is 1. The van der Waals surface area contributed by atoms with Gasteiger partial charge in [-0.2, -0.15) is 0 Å². The molecule has 7 heteroatoms.